The zero-order valence-electron chi connectivity index (χ0n) is 10.8. The number of methoxy groups -OCH3 is 1. The molecule has 0 amide bonds. The molecule has 0 spiro atoms. The Balaban J connectivity index is 2.18. The van der Waals surface area contributed by atoms with E-state index < -0.39 is 13.7 Å². The molecule has 3 heterocycles. The molecule has 0 aliphatic rings. The average molecular weight is 310 g/mol. The SMILES string of the molecule is COC(c1nn[nH]n1)c1cccc2nc(P(=O)(O)O)cn12. The molecule has 3 aromatic heterocycles. The fourth-order valence-corrected chi connectivity index (χ4v) is 2.51. The van der Waals surface area contributed by atoms with Gasteiger partial charge in [-0.15, -0.1) is 10.2 Å². The first-order valence-electron chi connectivity index (χ1n) is 5.81. The number of nitrogens with one attached hydrogen (secondary N) is 1. The summed E-state index contributed by atoms with van der Waals surface area (Å²) in [6.45, 7) is 0. The van der Waals surface area contributed by atoms with E-state index in [0.29, 0.717) is 17.2 Å². The first kappa shape index (κ1) is 13.8. The fraction of sp³-hybridized carbons (Fsp3) is 0.200. The first-order chi connectivity index (χ1) is 10.0. The number of aromatic amines is 1. The molecule has 0 aromatic carbocycles. The molecule has 0 aliphatic heterocycles. The molecule has 3 N–H and O–H groups in total. The Labute approximate surface area is 117 Å². The Bertz CT molecular complexity index is 810. The van der Waals surface area contributed by atoms with Gasteiger partial charge in [0.05, 0.1) is 5.69 Å². The van der Waals surface area contributed by atoms with Crippen LogP contribution in [0, 0.1) is 0 Å². The van der Waals surface area contributed by atoms with Gasteiger partial charge in [-0.25, -0.2) is 4.98 Å². The standard InChI is InChI=1S/C10H11N6O4P/c1-20-9(10-12-14-15-13-10)6-3-2-4-7-11-8(5-16(6)7)21(17,18)19/h2-5,9H,1H3,(H2,17,18,19)(H,12,13,14,15). The van der Waals surface area contributed by atoms with Gasteiger partial charge in [0.15, 0.2) is 11.5 Å². The van der Waals surface area contributed by atoms with Crippen LogP contribution in [0.2, 0.25) is 0 Å². The second kappa shape index (κ2) is 5.01. The largest absolute Gasteiger partial charge is 0.376 e. The van der Waals surface area contributed by atoms with Crippen molar-refractivity contribution in [2.45, 2.75) is 6.10 Å². The summed E-state index contributed by atoms with van der Waals surface area (Å²) in [5.74, 6) is 0.302. The number of fused-ring (bicyclic) bond motifs is 1. The Morgan fingerprint density at radius 3 is 2.86 bits per heavy atom. The van der Waals surface area contributed by atoms with Crippen molar-refractivity contribution in [1.29, 1.82) is 0 Å². The lowest BCUT2D eigenvalue weighted by molar-refractivity contribution is 0.124. The minimum Gasteiger partial charge on any atom is -0.367 e. The van der Waals surface area contributed by atoms with Crippen molar-refractivity contribution >= 4 is 18.7 Å². The third kappa shape index (κ3) is 2.45. The molecule has 21 heavy (non-hydrogen) atoms. The molecule has 1 unspecified atom stereocenters. The van der Waals surface area contributed by atoms with Crippen LogP contribution in [0.3, 0.4) is 0 Å². The van der Waals surface area contributed by atoms with E-state index in [1.54, 1.807) is 18.2 Å². The number of nitrogens with zero attached hydrogens (tertiary/aromatic N) is 5. The topological polar surface area (TPSA) is 139 Å². The van der Waals surface area contributed by atoms with E-state index in [-0.39, 0.29) is 5.44 Å². The number of hydrogen-bond acceptors (Lipinski definition) is 6. The molecule has 0 bridgehead atoms. The Hall–Kier alpha value is -2.13. The van der Waals surface area contributed by atoms with E-state index in [1.165, 1.54) is 17.7 Å². The van der Waals surface area contributed by atoms with Gasteiger partial charge in [-0.2, -0.15) is 5.21 Å². The highest BCUT2D eigenvalue weighted by molar-refractivity contribution is 7.60. The van der Waals surface area contributed by atoms with E-state index in [9.17, 15) is 14.4 Å². The van der Waals surface area contributed by atoms with Crippen LogP contribution in [0.4, 0.5) is 0 Å². The minimum absolute atomic E-state index is 0.302. The molecule has 0 aliphatic carbocycles. The van der Waals surface area contributed by atoms with Gasteiger partial charge in [0.2, 0.25) is 5.82 Å². The summed E-state index contributed by atoms with van der Waals surface area (Å²) in [6, 6.07) is 5.06. The predicted octanol–water partition coefficient (Wildman–Crippen LogP) is -0.614. The molecule has 0 fully saturated rings. The summed E-state index contributed by atoms with van der Waals surface area (Å²) in [6.07, 6.45) is 0.628. The lowest BCUT2D eigenvalue weighted by Gasteiger charge is -2.13. The fourth-order valence-electron chi connectivity index (χ4n) is 2.01. The van der Waals surface area contributed by atoms with Gasteiger partial charge in [-0.1, -0.05) is 11.3 Å². The number of H-pyrrole nitrogens is 1. The summed E-state index contributed by atoms with van der Waals surface area (Å²) in [4.78, 5) is 22.4. The number of ether oxygens (including phenoxy) is 1. The molecule has 0 radical (unpaired) electrons. The van der Waals surface area contributed by atoms with Gasteiger partial charge in [-0.05, 0) is 12.1 Å². The zero-order valence-corrected chi connectivity index (χ0v) is 11.7. The second-order valence-electron chi connectivity index (χ2n) is 4.21. The molecular weight excluding hydrogens is 299 g/mol. The van der Waals surface area contributed by atoms with Gasteiger partial charge >= 0.3 is 7.60 Å². The molecule has 10 nitrogen and oxygen atoms in total. The number of imidazole rings is 1. The second-order valence-corrected chi connectivity index (χ2v) is 5.75. The van der Waals surface area contributed by atoms with E-state index in [0.717, 1.165) is 0 Å². The van der Waals surface area contributed by atoms with Gasteiger partial charge in [-0.3, -0.25) is 8.97 Å². The molecule has 0 saturated heterocycles. The maximum atomic E-state index is 11.3. The highest BCUT2D eigenvalue weighted by Gasteiger charge is 2.25. The van der Waals surface area contributed by atoms with Crippen LogP contribution in [-0.4, -0.2) is 46.9 Å². The quantitative estimate of drug-likeness (QED) is 0.542. The summed E-state index contributed by atoms with van der Waals surface area (Å²) in [5.41, 5.74) is 0.651. The van der Waals surface area contributed by atoms with Crippen LogP contribution in [0.5, 0.6) is 0 Å². The molecular formula is C10H11N6O4P. The molecule has 3 rings (SSSR count). The summed E-state index contributed by atoms with van der Waals surface area (Å²) in [7, 11) is -2.96. The highest BCUT2D eigenvalue weighted by atomic mass is 31.2. The number of rotatable bonds is 4. The van der Waals surface area contributed by atoms with Crippen molar-refractivity contribution in [2.75, 3.05) is 7.11 Å². The number of tetrazole rings is 1. The third-order valence-electron chi connectivity index (χ3n) is 2.91. The van der Waals surface area contributed by atoms with Gasteiger partial charge in [0.1, 0.15) is 5.65 Å². The van der Waals surface area contributed by atoms with Crippen molar-refractivity contribution in [2.24, 2.45) is 0 Å². The lowest BCUT2D eigenvalue weighted by Crippen LogP contribution is -2.10. The Kier molecular flexibility index (Phi) is 3.30. The number of aromatic nitrogens is 6. The van der Waals surface area contributed by atoms with Gasteiger partial charge in [0.25, 0.3) is 0 Å². The van der Waals surface area contributed by atoms with Crippen LogP contribution in [-0.2, 0) is 9.30 Å². The molecule has 110 valence electrons. The van der Waals surface area contributed by atoms with Crippen molar-refractivity contribution in [3.05, 3.63) is 35.9 Å². The summed E-state index contributed by atoms with van der Waals surface area (Å²) >= 11 is 0. The van der Waals surface area contributed by atoms with Crippen molar-refractivity contribution in [3.63, 3.8) is 0 Å². The molecule has 3 aromatic rings. The van der Waals surface area contributed by atoms with Crippen LogP contribution in [0.15, 0.2) is 24.4 Å². The number of hydrogen-bond donors (Lipinski definition) is 3. The smallest absolute Gasteiger partial charge is 0.367 e. The lowest BCUT2D eigenvalue weighted by atomic mass is 10.2. The molecule has 0 saturated carbocycles. The maximum Gasteiger partial charge on any atom is 0.376 e. The third-order valence-corrected chi connectivity index (χ3v) is 3.72. The summed E-state index contributed by atoms with van der Waals surface area (Å²) < 4.78 is 18.2. The van der Waals surface area contributed by atoms with E-state index in [4.69, 9.17) is 4.74 Å². The first-order valence-corrected chi connectivity index (χ1v) is 7.42. The maximum absolute atomic E-state index is 11.3. The van der Waals surface area contributed by atoms with Crippen molar-refractivity contribution in [1.82, 2.24) is 30.0 Å². The predicted molar refractivity (Wildman–Crippen MR) is 69.9 cm³/mol. The van der Waals surface area contributed by atoms with Crippen molar-refractivity contribution in [3.8, 4) is 0 Å². The van der Waals surface area contributed by atoms with E-state index in [1.807, 2.05) is 0 Å². The monoisotopic (exact) mass is 310 g/mol. The van der Waals surface area contributed by atoms with Crippen LogP contribution in [0.1, 0.15) is 17.6 Å². The molecule has 11 heteroatoms. The normalized spacial score (nSPS) is 13.7. The Morgan fingerprint density at radius 1 is 1.43 bits per heavy atom. The average Bonchev–Trinajstić information content (AvgIpc) is 3.07. The van der Waals surface area contributed by atoms with Crippen LogP contribution >= 0.6 is 7.60 Å². The van der Waals surface area contributed by atoms with E-state index in [2.05, 4.69) is 25.6 Å². The zero-order chi connectivity index (χ0) is 15.0. The summed E-state index contributed by atoms with van der Waals surface area (Å²) in [5, 5.41) is 13.5. The van der Waals surface area contributed by atoms with E-state index >= 15 is 0 Å². The van der Waals surface area contributed by atoms with Gasteiger partial charge < -0.3 is 14.5 Å². The Morgan fingerprint density at radius 2 is 2.24 bits per heavy atom. The van der Waals surface area contributed by atoms with Gasteiger partial charge in [0, 0.05) is 13.3 Å². The van der Waals surface area contributed by atoms with Crippen molar-refractivity contribution < 1.29 is 19.1 Å². The molecule has 1 atom stereocenters. The highest BCUT2D eigenvalue weighted by Crippen LogP contribution is 2.33. The van der Waals surface area contributed by atoms with Crippen LogP contribution in [0.25, 0.3) is 5.65 Å². The number of pyridine rings is 1. The minimum atomic E-state index is -4.43. The van der Waals surface area contributed by atoms with Crippen LogP contribution < -0.4 is 5.44 Å².